The summed E-state index contributed by atoms with van der Waals surface area (Å²) in [5.41, 5.74) is 6.93. The maximum absolute atomic E-state index is 5.81. The van der Waals surface area contributed by atoms with Crippen molar-refractivity contribution in [1.82, 2.24) is 5.32 Å². The molecule has 1 rings (SSSR count). The van der Waals surface area contributed by atoms with Crippen LogP contribution in [-0.2, 0) is 6.54 Å². The summed E-state index contributed by atoms with van der Waals surface area (Å²) in [6, 6.07) is 7.85. The standard InChI is InChI=1S/C15H25N3O/c1-3-4-5-6-11-17-15(16)18-12-13-7-9-14(19-2)10-8-13/h7-10H,3-6,11-12H2,1-2H3,(H3,16,17,18). The summed E-state index contributed by atoms with van der Waals surface area (Å²) in [6.45, 7) is 3.70. The van der Waals surface area contributed by atoms with Gasteiger partial charge >= 0.3 is 0 Å². The summed E-state index contributed by atoms with van der Waals surface area (Å²) < 4.78 is 5.11. The topological polar surface area (TPSA) is 59.6 Å². The monoisotopic (exact) mass is 263 g/mol. The van der Waals surface area contributed by atoms with Crippen molar-refractivity contribution in [3.05, 3.63) is 29.8 Å². The molecule has 0 bridgehead atoms. The Morgan fingerprint density at radius 3 is 2.58 bits per heavy atom. The Hall–Kier alpha value is -1.71. The zero-order valence-electron chi connectivity index (χ0n) is 12.0. The first-order valence-electron chi connectivity index (χ1n) is 6.93. The van der Waals surface area contributed by atoms with Crippen LogP contribution in [0.5, 0.6) is 5.75 Å². The molecule has 3 N–H and O–H groups in total. The molecule has 1 aromatic rings. The lowest BCUT2D eigenvalue weighted by Crippen LogP contribution is -2.32. The van der Waals surface area contributed by atoms with E-state index in [2.05, 4.69) is 17.2 Å². The first-order chi connectivity index (χ1) is 9.26. The van der Waals surface area contributed by atoms with Crippen LogP contribution in [0.15, 0.2) is 29.3 Å². The second kappa shape index (κ2) is 9.25. The SMILES string of the molecule is CCCCCCNC(N)=NCc1ccc(OC)cc1. The number of nitrogens with zero attached hydrogens (tertiary/aromatic N) is 1. The van der Waals surface area contributed by atoms with Gasteiger partial charge in [-0.1, -0.05) is 38.3 Å². The van der Waals surface area contributed by atoms with Gasteiger partial charge in [0.25, 0.3) is 0 Å². The summed E-state index contributed by atoms with van der Waals surface area (Å²) in [7, 11) is 1.66. The molecule has 0 saturated carbocycles. The summed E-state index contributed by atoms with van der Waals surface area (Å²) in [6.07, 6.45) is 4.92. The second-order valence-electron chi connectivity index (χ2n) is 4.54. The Morgan fingerprint density at radius 1 is 1.21 bits per heavy atom. The molecule has 0 aromatic heterocycles. The maximum atomic E-state index is 5.81. The lowest BCUT2D eigenvalue weighted by Gasteiger charge is -2.05. The number of hydrogen-bond donors (Lipinski definition) is 2. The molecule has 1 aromatic carbocycles. The average Bonchev–Trinajstić information content (AvgIpc) is 2.45. The smallest absolute Gasteiger partial charge is 0.188 e. The van der Waals surface area contributed by atoms with Crippen molar-refractivity contribution in [2.75, 3.05) is 13.7 Å². The van der Waals surface area contributed by atoms with Crippen LogP contribution < -0.4 is 15.8 Å². The van der Waals surface area contributed by atoms with Crippen LogP contribution in [0, 0.1) is 0 Å². The van der Waals surface area contributed by atoms with Crippen LogP contribution in [0.3, 0.4) is 0 Å². The predicted octanol–water partition coefficient (Wildman–Crippen LogP) is 2.68. The molecule has 0 atom stereocenters. The van der Waals surface area contributed by atoms with E-state index in [4.69, 9.17) is 10.5 Å². The number of nitrogens with one attached hydrogen (secondary N) is 1. The summed E-state index contributed by atoms with van der Waals surface area (Å²) in [5, 5.41) is 3.14. The number of methoxy groups -OCH3 is 1. The number of rotatable bonds is 8. The quantitative estimate of drug-likeness (QED) is 0.430. The van der Waals surface area contributed by atoms with Crippen molar-refractivity contribution >= 4 is 5.96 Å². The van der Waals surface area contributed by atoms with E-state index in [0.29, 0.717) is 12.5 Å². The maximum Gasteiger partial charge on any atom is 0.188 e. The Kier molecular flexibility index (Phi) is 7.47. The zero-order valence-corrected chi connectivity index (χ0v) is 12.0. The van der Waals surface area contributed by atoms with E-state index in [1.807, 2.05) is 24.3 Å². The molecule has 0 amide bonds. The lowest BCUT2D eigenvalue weighted by atomic mass is 10.2. The number of unbranched alkanes of at least 4 members (excludes halogenated alkanes) is 3. The summed E-state index contributed by atoms with van der Waals surface area (Å²) in [4.78, 5) is 4.31. The number of hydrogen-bond acceptors (Lipinski definition) is 2. The molecule has 0 unspecified atom stereocenters. The van der Waals surface area contributed by atoms with Crippen LogP contribution >= 0.6 is 0 Å². The predicted molar refractivity (Wildman–Crippen MR) is 80.5 cm³/mol. The van der Waals surface area contributed by atoms with Gasteiger partial charge in [0, 0.05) is 6.54 Å². The van der Waals surface area contributed by atoms with Gasteiger partial charge in [-0.05, 0) is 24.1 Å². The van der Waals surface area contributed by atoms with Crippen molar-refractivity contribution in [3.63, 3.8) is 0 Å². The molecule has 4 heteroatoms. The molecule has 0 aliphatic rings. The van der Waals surface area contributed by atoms with E-state index < -0.39 is 0 Å². The van der Waals surface area contributed by atoms with E-state index in [0.717, 1.165) is 24.3 Å². The van der Waals surface area contributed by atoms with Gasteiger partial charge in [0.15, 0.2) is 5.96 Å². The van der Waals surface area contributed by atoms with E-state index in [1.165, 1.54) is 19.3 Å². The fourth-order valence-corrected chi connectivity index (χ4v) is 1.73. The normalized spacial score (nSPS) is 11.4. The third kappa shape index (κ3) is 6.70. The summed E-state index contributed by atoms with van der Waals surface area (Å²) in [5.74, 6) is 1.38. The van der Waals surface area contributed by atoms with Gasteiger partial charge in [0.05, 0.1) is 13.7 Å². The van der Waals surface area contributed by atoms with Crippen molar-refractivity contribution in [1.29, 1.82) is 0 Å². The van der Waals surface area contributed by atoms with Crippen LogP contribution in [0.2, 0.25) is 0 Å². The van der Waals surface area contributed by atoms with E-state index in [-0.39, 0.29) is 0 Å². The molecule has 19 heavy (non-hydrogen) atoms. The van der Waals surface area contributed by atoms with Gasteiger partial charge < -0.3 is 15.8 Å². The second-order valence-corrected chi connectivity index (χ2v) is 4.54. The molecule has 0 heterocycles. The molecule has 0 radical (unpaired) electrons. The highest BCUT2D eigenvalue weighted by atomic mass is 16.5. The van der Waals surface area contributed by atoms with Crippen molar-refractivity contribution in [2.45, 2.75) is 39.2 Å². The van der Waals surface area contributed by atoms with E-state index >= 15 is 0 Å². The fourth-order valence-electron chi connectivity index (χ4n) is 1.73. The Labute approximate surface area is 116 Å². The van der Waals surface area contributed by atoms with Gasteiger partial charge in [-0.15, -0.1) is 0 Å². The van der Waals surface area contributed by atoms with Gasteiger partial charge in [-0.3, -0.25) is 0 Å². The largest absolute Gasteiger partial charge is 0.497 e. The number of nitrogens with two attached hydrogens (primary N) is 1. The third-order valence-electron chi connectivity index (χ3n) is 2.93. The number of guanidine groups is 1. The van der Waals surface area contributed by atoms with E-state index in [9.17, 15) is 0 Å². The van der Waals surface area contributed by atoms with Crippen molar-refractivity contribution < 1.29 is 4.74 Å². The average molecular weight is 263 g/mol. The number of benzene rings is 1. The van der Waals surface area contributed by atoms with Crippen LogP contribution in [-0.4, -0.2) is 19.6 Å². The Morgan fingerprint density at radius 2 is 1.95 bits per heavy atom. The van der Waals surface area contributed by atoms with E-state index in [1.54, 1.807) is 7.11 Å². The van der Waals surface area contributed by atoms with Crippen molar-refractivity contribution in [3.8, 4) is 5.75 Å². The summed E-state index contributed by atoms with van der Waals surface area (Å²) >= 11 is 0. The molecule has 0 aliphatic carbocycles. The highest BCUT2D eigenvalue weighted by molar-refractivity contribution is 5.77. The molecule has 0 fully saturated rings. The van der Waals surface area contributed by atoms with Crippen LogP contribution in [0.4, 0.5) is 0 Å². The minimum absolute atomic E-state index is 0.521. The number of aliphatic imine (C=N–C) groups is 1. The van der Waals surface area contributed by atoms with Gasteiger partial charge in [-0.2, -0.15) is 0 Å². The fraction of sp³-hybridized carbons (Fsp3) is 0.533. The molecule has 4 nitrogen and oxygen atoms in total. The van der Waals surface area contributed by atoms with Crippen molar-refractivity contribution in [2.24, 2.45) is 10.7 Å². The van der Waals surface area contributed by atoms with Crippen LogP contribution in [0.1, 0.15) is 38.2 Å². The number of ether oxygens (including phenoxy) is 1. The first kappa shape index (κ1) is 15.3. The van der Waals surface area contributed by atoms with Gasteiger partial charge in [0.2, 0.25) is 0 Å². The minimum atomic E-state index is 0.521. The van der Waals surface area contributed by atoms with Gasteiger partial charge in [-0.25, -0.2) is 4.99 Å². The highest BCUT2D eigenvalue weighted by Crippen LogP contribution is 2.11. The molecule has 0 spiro atoms. The molecule has 0 saturated heterocycles. The lowest BCUT2D eigenvalue weighted by molar-refractivity contribution is 0.414. The molecular weight excluding hydrogens is 238 g/mol. The van der Waals surface area contributed by atoms with Crippen LogP contribution in [0.25, 0.3) is 0 Å². The molecule has 106 valence electrons. The van der Waals surface area contributed by atoms with Gasteiger partial charge in [0.1, 0.15) is 5.75 Å². The Bertz CT molecular complexity index is 373. The highest BCUT2D eigenvalue weighted by Gasteiger charge is 1.95. The zero-order chi connectivity index (χ0) is 13.9. The molecular formula is C15H25N3O. The molecule has 0 aliphatic heterocycles. The Balaban J connectivity index is 2.26. The minimum Gasteiger partial charge on any atom is -0.497 e. The third-order valence-corrected chi connectivity index (χ3v) is 2.93. The first-order valence-corrected chi connectivity index (χ1v) is 6.93.